The molecular weight excluding hydrogens is 294 g/mol. The third kappa shape index (κ3) is 3.17. The Labute approximate surface area is 133 Å². The van der Waals surface area contributed by atoms with Crippen LogP contribution in [-0.2, 0) is 6.42 Å². The normalized spacial score (nSPS) is 10.5. The molecular formula is C16H15N5S. The zero-order valence-corrected chi connectivity index (χ0v) is 12.7. The molecule has 3 rings (SSSR count). The first kappa shape index (κ1) is 14.3. The van der Waals surface area contributed by atoms with Crippen LogP contribution in [0.25, 0.3) is 11.0 Å². The van der Waals surface area contributed by atoms with Crippen molar-refractivity contribution in [3.63, 3.8) is 0 Å². The van der Waals surface area contributed by atoms with Crippen molar-refractivity contribution in [3.8, 4) is 0 Å². The molecule has 0 fully saturated rings. The second-order valence-electron chi connectivity index (χ2n) is 4.78. The summed E-state index contributed by atoms with van der Waals surface area (Å²) in [5.41, 5.74) is 8.48. The van der Waals surface area contributed by atoms with Gasteiger partial charge in [-0.05, 0) is 36.5 Å². The minimum atomic E-state index is 0.299. The fourth-order valence-corrected chi connectivity index (χ4v) is 2.38. The van der Waals surface area contributed by atoms with Gasteiger partial charge in [-0.25, -0.2) is 9.97 Å². The van der Waals surface area contributed by atoms with Crippen LogP contribution in [0.1, 0.15) is 5.69 Å². The Balaban J connectivity index is 1.78. The maximum absolute atomic E-state index is 5.80. The third-order valence-electron chi connectivity index (χ3n) is 3.28. The number of para-hydroxylation sites is 2. The highest BCUT2D eigenvalue weighted by Crippen LogP contribution is 2.12. The molecule has 0 aliphatic rings. The van der Waals surface area contributed by atoms with Gasteiger partial charge in [0.1, 0.15) is 5.82 Å². The largest absolute Gasteiger partial charge is 0.376 e. The molecule has 2 heterocycles. The summed E-state index contributed by atoms with van der Waals surface area (Å²) in [7, 11) is 0. The molecule has 6 heteroatoms. The quantitative estimate of drug-likeness (QED) is 0.746. The topological polar surface area (TPSA) is 67.9 Å². The fourth-order valence-electron chi connectivity index (χ4n) is 2.19. The monoisotopic (exact) mass is 309 g/mol. The van der Waals surface area contributed by atoms with Crippen molar-refractivity contribution in [1.82, 2.24) is 15.0 Å². The number of thiocarbonyl (C=S) groups is 1. The molecule has 2 aromatic heterocycles. The van der Waals surface area contributed by atoms with Gasteiger partial charge in [0.15, 0.2) is 5.11 Å². The first-order valence-corrected chi connectivity index (χ1v) is 7.33. The predicted octanol–water partition coefficient (Wildman–Crippen LogP) is 2.32. The second kappa shape index (κ2) is 6.44. The number of hydrogen-bond acceptors (Lipinski definition) is 4. The lowest BCUT2D eigenvalue weighted by atomic mass is 10.2. The van der Waals surface area contributed by atoms with Crippen LogP contribution in [0, 0.1) is 0 Å². The highest BCUT2D eigenvalue weighted by atomic mass is 32.1. The van der Waals surface area contributed by atoms with E-state index in [4.69, 9.17) is 18.0 Å². The number of nitrogens with two attached hydrogens (primary N) is 1. The number of anilines is 1. The molecule has 0 atom stereocenters. The molecule has 0 spiro atoms. The van der Waals surface area contributed by atoms with Gasteiger partial charge in [0.25, 0.3) is 0 Å². The number of rotatable bonds is 4. The van der Waals surface area contributed by atoms with Crippen LogP contribution >= 0.6 is 12.2 Å². The average Bonchev–Trinajstić information content (AvgIpc) is 2.55. The maximum atomic E-state index is 5.80. The molecule has 0 bridgehead atoms. The average molecular weight is 309 g/mol. The SMILES string of the molecule is NC(=S)N(CCc1cnc2ccccc2n1)c1ccccn1. The van der Waals surface area contributed by atoms with Gasteiger partial charge in [-0.3, -0.25) is 4.98 Å². The van der Waals surface area contributed by atoms with Crippen molar-refractivity contribution >= 4 is 34.2 Å². The van der Waals surface area contributed by atoms with Gasteiger partial charge in [-0.1, -0.05) is 18.2 Å². The van der Waals surface area contributed by atoms with Crippen molar-refractivity contribution in [2.45, 2.75) is 6.42 Å². The molecule has 0 radical (unpaired) electrons. The van der Waals surface area contributed by atoms with Gasteiger partial charge < -0.3 is 10.6 Å². The Morgan fingerprint density at radius 1 is 1.05 bits per heavy atom. The van der Waals surface area contributed by atoms with Crippen LogP contribution in [-0.4, -0.2) is 26.6 Å². The van der Waals surface area contributed by atoms with E-state index in [-0.39, 0.29) is 0 Å². The van der Waals surface area contributed by atoms with Crippen LogP contribution < -0.4 is 10.6 Å². The zero-order chi connectivity index (χ0) is 15.4. The van der Waals surface area contributed by atoms with Gasteiger partial charge >= 0.3 is 0 Å². The predicted molar refractivity (Wildman–Crippen MR) is 91.6 cm³/mol. The van der Waals surface area contributed by atoms with E-state index in [0.29, 0.717) is 18.1 Å². The summed E-state index contributed by atoms with van der Waals surface area (Å²) >= 11 is 5.12. The summed E-state index contributed by atoms with van der Waals surface area (Å²) in [6, 6.07) is 13.4. The molecule has 0 aliphatic carbocycles. The van der Waals surface area contributed by atoms with E-state index < -0.39 is 0 Å². The first-order chi connectivity index (χ1) is 10.7. The lowest BCUT2D eigenvalue weighted by Crippen LogP contribution is -2.37. The minimum Gasteiger partial charge on any atom is -0.376 e. The summed E-state index contributed by atoms with van der Waals surface area (Å²) < 4.78 is 0. The van der Waals surface area contributed by atoms with Crippen LogP contribution in [0.3, 0.4) is 0 Å². The summed E-state index contributed by atoms with van der Waals surface area (Å²) in [5.74, 6) is 0.740. The van der Waals surface area contributed by atoms with Crippen LogP contribution in [0.2, 0.25) is 0 Å². The lowest BCUT2D eigenvalue weighted by Gasteiger charge is -2.21. The van der Waals surface area contributed by atoms with Crippen LogP contribution in [0.15, 0.2) is 54.9 Å². The minimum absolute atomic E-state index is 0.299. The van der Waals surface area contributed by atoms with E-state index in [0.717, 1.165) is 22.5 Å². The smallest absolute Gasteiger partial charge is 0.171 e. The van der Waals surface area contributed by atoms with E-state index in [9.17, 15) is 0 Å². The highest BCUT2D eigenvalue weighted by Gasteiger charge is 2.11. The zero-order valence-electron chi connectivity index (χ0n) is 11.9. The molecule has 5 nitrogen and oxygen atoms in total. The molecule has 2 N–H and O–H groups in total. The van der Waals surface area contributed by atoms with E-state index in [2.05, 4.69) is 15.0 Å². The lowest BCUT2D eigenvalue weighted by molar-refractivity contribution is 0.887. The van der Waals surface area contributed by atoms with E-state index in [1.807, 2.05) is 42.5 Å². The summed E-state index contributed by atoms with van der Waals surface area (Å²) in [6.45, 7) is 0.610. The number of hydrogen-bond donors (Lipinski definition) is 1. The maximum Gasteiger partial charge on any atom is 0.171 e. The van der Waals surface area contributed by atoms with E-state index in [1.165, 1.54) is 0 Å². The van der Waals surface area contributed by atoms with Crippen LogP contribution in [0.4, 0.5) is 5.82 Å². The second-order valence-corrected chi connectivity index (χ2v) is 5.20. The molecule has 0 amide bonds. The molecule has 1 aromatic carbocycles. The molecule has 0 unspecified atom stereocenters. The Morgan fingerprint density at radius 2 is 1.82 bits per heavy atom. The number of fused-ring (bicyclic) bond motifs is 1. The summed E-state index contributed by atoms with van der Waals surface area (Å²) in [5, 5.41) is 0.299. The van der Waals surface area contributed by atoms with Crippen molar-refractivity contribution in [1.29, 1.82) is 0 Å². The summed E-state index contributed by atoms with van der Waals surface area (Å²) in [4.78, 5) is 15.1. The Morgan fingerprint density at radius 3 is 2.55 bits per heavy atom. The standard InChI is InChI=1S/C16H15N5S/c17-16(22)21(15-7-3-4-9-18-15)10-8-12-11-19-13-5-1-2-6-14(13)20-12/h1-7,9,11H,8,10H2,(H2,17,22). The molecule has 0 aliphatic heterocycles. The number of pyridine rings is 1. The van der Waals surface area contributed by atoms with Gasteiger partial charge in [-0.15, -0.1) is 0 Å². The van der Waals surface area contributed by atoms with Crippen molar-refractivity contribution in [2.75, 3.05) is 11.4 Å². The van der Waals surface area contributed by atoms with Gasteiger partial charge in [0.05, 0.1) is 16.7 Å². The Bertz CT molecular complexity index is 791. The summed E-state index contributed by atoms with van der Waals surface area (Å²) in [6.07, 6.45) is 4.20. The number of aromatic nitrogens is 3. The van der Waals surface area contributed by atoms with Crippen molar-refractivity contribution in [3.05, 3.63) is 60.6 Å². The first-order valence-electron chi connectivity index (χ1n) is 6.93. The van der Waals surface area contributed by atoms with Gasteiger partial charge in [-0.2, -0.15) is 0 Å². The number of benzene rings is 1. The van der Waals surface area contributed by atoms with E-state index in [1.54, 1.807) is 17.3 Å². The molecule has 3 aromatic rings. The molecule has 22 heavy (non-hydrogen) atoms. The molecule has 110 valence electrons. The van der Waals surface area contributed by atoms with Crippen LogP contribution in [0.5, 0.6) is 0 Å². The molecule has 0 saturated carbocycles. The highest BCUT2D eigenvalue weighted by molar-refractivity contribution is 7.80. The van der Waals surface area contributed by atoms with Gasteiger partial charge in [0, 0.05) is 25.4 Å². The third-order valence-corrected chi connectivity index (χ3v) is 3.50. The van der Waals surface area contributed by atoms with Crippen molar-refractivity contribution in [2.24, 2.45) is 5.73 Å². The fraction of sp³-hybridized carbons (Fsp3) is 0.125. The Hall–Kier alpha value is -2.60. The van der Waals surface area contributed by atoms with Crippen molar-refractivity contribution < 1.29 is 0 Å². The molecule has 0 saturated heterocycles. The Kier molecular flexibility index (Phi) is 4.20. The van der Waals surface area contributed by atoms with Gasteiger partial charge in [0.2, 0.25) is 0 Å². The number of nitrogens with zero attached hydrogens (tertiary/aromatic N) is 4. The van der Waals surface area contributed by atoms with E-state index >= 15 is 0 Å².